The maximum Gasteiger partial charge on any atom is 0.490 e. The van der Waals surface area contributed by atoms with Crippen molar-refractivity contribution >= 4 is 11.8 Å². The third-order valence-electron chi connectivity index (χ3n) is 4.51. The van der Waals surface area contributed by atoms with E-state index in [1.807, 2.05) is 19.1 Å². The average Bonchev–Trinajstić information content (AvgIpc) is 3.17. The molecule has 146 valence electrons. The van der Waals surface area contributed by atoms with Gasteiger partial charge in [0.1, 0.15) is 11.6 Å². The van der Waals surface area contributed by atoms with Crippen LogP contribution in [0.15, 0.2) is 47.1 Å². The molecule has 1 aliphatic rings. The molecule has 0 unspecified atom stereocenters. The van der Waals surface area contributed by atoms with Crippen LogP contribution in [0.25, 0.3) is 22.6 Å². The number of nitrogens with zero attached hydrogens (tertiary/aromatic N) is 1. The Bertz CT molecular complexity index is 1010. The number of carbonyl (C=O) groups is 1. The van der Waals surface area contributed by atoms with E-state index in [0.717, 1.165) is 35.4 Å². The van der Waals surface area contributed by atoms with Gasteiger partial charge in [0.25, 0.3) is 0 Å². The number of aliphatic carboxylic acids is 1. The number of hydrogen-bond acceptors (Lipinski definition) is 4. The highest BCUT2D eigenvalue weighted by Gasteiger charge is 2.38. The van der Waals surface area contributed by atoms with Gasteiger partial charge in [-0.2, -0.15) is 13.2 Å². The van der Waals surface area contributed by atoms with Crippen LogP contribution in [0.4, 0.5) is 19.0 Å². The number of aryl methyl sites for hydroxylation is 1. The monoisotopic (exact) mass is 390 g/mol. The van der Waals surface area contributed by atoms with Gasteiger partial charge in [-0.05, 0) is 43.0 Å². The van der Waals surface area contributed by atoms with Crippen molar-refractivity contribution in [2.45, 2.75) is 25.9 Å². The normalized spacial score (nSPS) is 12.4. The van der Waals surface area contributed by atoms with Crippen LogP contribution >= 0.6 is 0 Å². The van der Waals surface area contributed by atoms with E-state index in [2.05, 4.69) is 29.2 Å². The molecule has 0 saturated heterocycles. The molecule has 0 spiro atoms. The number of nitrogens with two attached hydrogens (primary N) is 1. The zero-order valence-corrected chi connectivity index (χ0v) is 14.9. The highest BCUT2D eigenvalue weighted by atomic mass is 19.4. The Balaban J connectivity index is 0.000000279. The van der Waals surface area contributed by atoms with Gasteiger partial charge in [0.2, 0.25) is 0 Å². The molecular weight excluding hydrogens is 373 g/mol. The molecule has 3 aromatic rings. The first-order chi connectivity index (χ1) is 13.2. The summed E-state index contributed by atoms with van der Waals surface area (Å²) in [6, 6.07) is 12.3. The summed E-state index contributed by atoms with van der Waals surface area (Å²) in [5.41, 5.74) is 13.0. The number of hydrogen-bond donors (Lipinski definition) is 2. The van der Waals surface area contributed by atoms with Crippen molar-refractivity contribution in [2.24, 2.45) is 0 Å². The first-order valence-corrected chi connectivity index (χ1v) is 8.41. The van der Waals surface area contributed by atoms with Crippen LogP contribution in [-0.4, -0.2) is 22.2 Å². The van der Waals surface area contributed by atoms with Crippen LogP contribution in [0.1, 0.15) is 16.7 Å². The van der Waals surface area contributed by atoms with Gasteiger partial charge in [0.05, 0.1) is 12.0 Å². The van der Waals surface area contributed by atoms with Gasteiger partial charge in [-0.1, -0.05) is 24.3 Å². The lowest BCUT2D eigenvalue weighted by Gasteiger charge is -2.23. The summed E-state index contributed by atoms with van der Waals surface area (Å²) in [6.07, 6.45) is -1.38. The number of nitrogen functional groups attached to an aromatic ring is 1. The lowest BCUT2D eigenvalue weighted by molar-refractivity contribution is -0.192. The summed E-state index contributed by atoms with van der Waals surface area (Å²) >= 11 is 0. The number of pyridine rings is 1. The number of furan rings is 1. The molecule has 28 heavy (non-hydrogen) atoms. The van der Waals surface area contributed by atoms with Crippen LogP contribution in [0.2, 0.25) is 0 Å². The van der Waals surface area contributed by atoms with Gasteiger partial charge < -0.3 is 15.3 Å². The summed E-state index contributed by atoms with van der Waals surface area (Å²) in [7, 11) is 0. The SMILES string of the molecule is Cc1c(N)nc2c(c1-c1ccco1)CCc1ccccc1-2.O=C(O)C(F)(F)F. The minimum absolute atomic E-state index is 0.580. The van der Waals surface area contributed by atoms with E-state index in [0.29, 0.717) is 5.82 Å². The van der Waals surface area contributed by atoms with Gasteiger partial charge in [0.15, 0.2) is 0 Å². The minimum atomic E-state index is -5.08. The molecule has 1 aliphatic carbocycles. The second kappa shape index (κ2) is 7.38. The lowest BCUT2D eigenvalue weighted by atomic mass is 9.84. The Labute approximate surface area is 158 Å². The van der Waals surface area contributed by atoms with E-state index in [1.54, 1.807) is 6.26 Å². The summed E-state index contributed by atoms with van der Waals surface area (Å²) in [6.45, 7) is 2.01. The molecule has 0 radical (unpaired) electrons. The van der Waals surface area contributed by atoms with E-state index in [-0.39, 0.29) is 0 Å². The highest BCUT2D eigenvalue weighted by molar-refractivity contribution is 5.82. The second-order valence-electron chi connectivity index (χ2n) is 6.26. The number of fused-ring (bicyclic) bond motifs is 3. The van der Waals surface area contributed by atoms with Crippen molar-refractivity contribution < 1.29 is 27.5 Å². The molecule has 3 N–H and O–H groups in total. The van der Waals surface area contributed by atoms with E-state index < -0.39 is 12.1 Å². The molecule has 0 atom stereocenters. The Morgan fingerprint density at radius 1 is 1.18 bits per heavy atom. The van der Waals surface area contributed by atoms with Crippen molar-refractivity contribution in [1.29, 1.82) is 0 Å². The Morgan fingerprint density at radius 2 is 1.86 bits per heavy atom. The zero-order valence-electron chi connectivity index (χ0n) is 14.9. The number of halogens is 3. The third kappa shape index (κ3) is 3.71. The first kappa shape index (κ1) is 19.5. The number of rotatable bonds is 1. The first-order valence-electron chi connectivity index (χ1n) is 8.41. The largest absolute Gasteiger partial charge is 0.490 e. The number of alkyl halides is 3. The number of carboxylic acids is 1. The molecule has 0 fully saturated rings. The molecule has 2 heterocycles. The molecule has 0 aliphatic heterocycles. The van der Waals surface area contributed by atoms with Crippen LogP contribution in [0.5, 0.6) is 0 Å². The fourth-order valence-electron chi connectivity index (χ4n) is 3.19. The predicted molar refractivity (Wildman–Crippen MR) is 97.6 cm³/mol. The smallest absolute Gasteiger partial charge is 0.475 e. The number of anilines is 1. The molecule has 5 nitrogen and oxygen atoms in total. The topological polar surface area (TPSA) is 89.4 Å². The molecule has 4 rings (SSSR count). The number of benzene rings is 1. The van der Waals surface area contributed by atoms with E-state index >= 15 is 0 Å². The third-order valence-corrected chi connectivity index (χ3v) is 4.51. The Hall–Kier alpha value is -3.29. The molecular formula is C20H17F3N2O3. The Kier molecular flexibility index (Phi) is 5.13. The van der Waals surface area contributed by atoms with Crippen molar-refractivity contribution in [1.82, 2.24) is 4.98 Å². The number of carboxylic acid groups (broad SMARTS) is 1. The lowest BCUT2D eigenvalue weighted by Crippen LogP contribution is -2.21. The summed E-state index contributed by atoms with van der Waals surface area (Å²) < 4.78 is 37.4. The van der Waals surface area contributed by atoms with E-state index in [4.69, 9.17) is 20.1 Å². The molecule has 0 amide bonds. The van der Waals surface area contributed by atoms with Crippen LogP contribution in [-0.2, 0) is 17.6 Å². The highest BCUT2D eigenvalue weighted by Crippen LogP contribution is 2.40. The fraction of sp³-hybridized carbons (Fsp3) is 0.200. The van der Waals surface area contributed by atoms with Crippen molar-refractivity contribution in [3.05, 3.63) is 59.4 Å². The van der Waals surface area contributed by atoms with Crippen LogP contribution in [0.3, 0.4) is 0 Å². The predicted octanol–water partition coefficient (Wildman–Crippen LogP) is 4.63. The second-order valence-corrected chi connectivity index (χ2v) is 6.26. The van der Waals surface area contributed by atoms with Gasteiger partial charge >= 0.3 is 12.1 Å². The summed E-state index contributed by atoms with van der Waals surface area (Å²) in [4.78, 5) is 13.6. The number of aromatic nitrogens is 1. The van der Waals surface area contributed by atoms with E-state index in [1.165, 1.54) is 16.7 Å². The van der Waals surface area contributed by atoms with Gasteiger partial charge in [-0.25, -0.2) is 9.78 Å². The summed E-state index contributed by atoms with van der Waals surface area (Å²) in [5, 5.41) is 7.12. The van der Waals surface area contributed by atoms with Crippen molar-refractivity contribution in [3.8, 4) is 22.6 Å². The summed E-state index contributed by atoms with van der Waals surface area (Å²) in [5.74, 6) is -1.30. The maximum absolute atomic E-state index is 10.6. The van der Waals surface area contributed by atoms with Crippen LogP contribution < -0.4 is 5.73 Å². The van der Waals surface area contributed by atoms with E-state index in [9.17, 15) is 13.2 Å². The van der Waals surface area contributed by atoms with Gasteiger partial charge in [0, 0.05) is 16.7 Å². The molecule has 2 aromatic heterocycles. The standard InChI is InChI=1S/C18H16N2O.C2HF3O2/c1-11-16(15-7-4-10-21-15)14-9-8-12-5-2-3-6-13(12)17(14)20-18(11)19;3-2(4,5)1(6)7/h2-7,10H,8-9H2,1H3,(H2,19,20);(H,6,7). The molecule has 1 aromatic carbocycles. The van der Waals surface area contributed by atoms with Crippen LogP contribution in [0, 0.1) is 6.92 Å². The molecule has 0 bridgehead atoms. The van der Waals surface area contributed by atoms with Crippen molar-refractivity contribution in [3.63, 3.8) is 0 Å². The van der Waals surface area contributed by atoms with Crippen molar-refractivity contribution in [2.75, 3.05) is 5.73 Å². The fourth-order valence-corrected chi connectivity index (χ4v) is 3.19. The maximum atomic E-state index is 10.6. The molecule has 8 heteroatoms. The Morgan fingerprint density at radius 3 is 2.46 bits per heavy atom. The zero-order chi connectivity index (χ0) is 20.5. The van der Waals surface area contributed by atoms with Gasteiger partial charge in [-0.15, -0.1) is 0 Å². The average molecular weight is 390 g/mol. The van der Waals surface area contributed by atoms with Gasteiger partial charge in [-0.3, -0.25) is 0 Å². The minimum Gasteiger partial charge on any atom is -0.475 e. The molecule has 0 saturated carbocycles. The quantitative estimate of drug-likeness (QED) is 0.632.